The zero-order valence-corrected chi connectivity index (χ0v) is 22.4. The number of thiazole rings is 1. The molecular formula is C30H29N3O4S. The number of furan rings is 1. The highest BCUT2D eigenvalue weighted by molar-refractivity contribution is 7.07. The predicted octanol–water partition coefficient (Wildman–Crippen LogP) is 4.37. The molecule has 0 radical (unpaired) electrons. The molecule has 1 aliphatic heterocycles. The number of anilines is 1. The molecule has 5 rings (SSSR count). The van der Waals surface area contributed by atoms with Gasteiger partial charge in [0.25, 0.3) is 5.56 Å². The molecule has 0 spiro atoms. The Labute approximate surface area is 224 Å². The van der Waals surface area contributed by atoms with Crippen molar-refractivity contribution < 1.29 is 13.9 Å². The lowest BCUT2D eigenvalue weighted by Crippen LogP contribution is -2.39. The Hall–Kier alpha value is -4.17. The molecule has 194 valence electrons. The summed E-state index contributed by atoms with van der Waals surface area (Å²) < 4.78 is 13.6. The molecule has 0 aliphatic carbocycles. The van der Waals surface area contributed by atoms with E-state index in [9.17, 15) is 9.59 Å². The van der Waals surface area contributed by atoms with E-state index in [4.69, 9.17) is 14.1 Å². The number of nitrogens with zero attached hydrogens (tertiary/aromatic N) is 3. The fourth-order valence-corrected chi connectivity index (χ4v) is 5.63. The highest BCUT2D eigenvalue weighted by Gasteiger charge is 2.35. The normalized spacial score (nSPS) is 15.2. The predicted molar refractivity (Wildman–Crippen MR) is 150 cm³/mol. The maximum absolute atomic E-state index is 13.9. The monoisotopic (exact) mass is 527 g/mol. The summed E-state index contributed by atoms with van der Waals surface area (Å²) in [6.45, 7) is 7.76. The molecule has 0 amide bonds. The maximum atomic E-state index is 13.9. The Morgan fingerprint density at radius 1 is 1.03 bits per heavy atom. The van der Waals surface area contributed by atoms with Crippen molar-refractivity contribution in [2.24, 2.45) is 4.99 Å². The number of carbonyl (C=O) groups excluding carboxylic acids is 1. The van der Waals surface area contributed by atoms with Crippen molar-refractivity contribution in [3.8, 4) is 0 Å². The fourth-order valence-electron chi connectivity index (χ4n) is 4.65. The van der Waals surface area contributed by atoms with Crippen molar-refractivity contribution in [3.05, 3.63) is 115 Å². The Kier molecular flexibility index (Phi) is 7.42. The lowest BCUT2D eigenvalue weighted by molar-refractivity contribution is -0.138. The summed E-state index contributed by atoms with van der Waals surface area (Å²) in [6.07, 6.45) is 1.75. The van der Waals surface area contributed by atoms with Crippen molar-refractivity contribution in [2.45, 2.75) is 26.8 Å². The molecule has 2 aromatic carbocycles. The minimum Gasteiger partial charge on any atom is -0.463 e. The van der Waals surface area contributed by atoms with E-state index in [1.807, 2.05) is 72.8 Å². The average molecular weight is 528 g/mol. The molecule has 0 saturated heterocycles. The lowest BCUT2D eigenvalue weighted by Gasteiger charge is -2.25. The molecular weight excluding hydrogens is 498 g/mol. The van der Waals surface area contributed by atoms with Gasteiger partial charge in [-0.05, 0) is 32.4 Å². The van der Waals surface area contributed by atoms with Gasteiger partial charge in [0, 0.05) is 30.8 Å². The Balaban J connectivity index is 1.75. The second-order valence-corrected chi connectivity index (χ2v) is 9.70. The van der Waals surface area contributed by atoms with Gasteiger partial charge in [0.2, 0.25) is 0 Å². The topological polar surface area (TPSA) is 77.0 Å². The van der Waals surface area contributed by atoms with Crippen LogP contribution in [0.2, 0.25) is 0 Å². The van der Waals surface area contributed by atoms with Crippen LogP contribution in [0.4, 0.5) is 5.88 Å². The average Bonchev–Trinajstić information content (AvgIpc) is 3.53. The Morgan fingerprint density at radius 3 is 2.37 bits per heavy atom. The largest absolute Gasteiger partial charge is 0.463 e. The minimum absolute atomic E-state index is 0.212. The van der Waals surface area contributed by atoms with E-state index >= 15 is 0 Å². The molecule has 3 heterocycles. The number of hydrogen-bond acceptors (Lipinski definition) is 7. The third-order valence-electron chi connectivity index (χ3n) is 6.45. The molecule has 38 heavy (non-hydrogen) atoms. The molecule has 4 aromatic rings. The first-order valence-corrected chi connectivity index (χ1v) is 13.6. The van der Waals surface area contributed by atoms with Gasteiger partial charge in [-0.15, -0.1) is 0 Å². The van der Waals surface area contributed by atoms with Crippen LogP contribution in [0, 0.1) is 0 Å². The first-order valence-electron chi connectivity index (χ1n) is 12.7. The van der Waals surface area contributed by atoms with Crippen LogP contribution in [0.3, 0.4) is 0 Å². The molecule has 8 heteroatoms. The summed E-state index contributed by atoms with van der Waals surface area (Å²) in [5.41, 5.74) is 2.19. The van der Waals surface area contributed by atoms with E-state index in [1.165, 1.54) is 11.3 Å². The summed E-state index contributed by atoms with van der Waals surface area (Å²) in [7, 11) is 0. The van der Waals surface area contributed by atoms with Crippen molar-refractivity contribution in [1.82, 2.24) is 4.57 Å². The van der Waals surface area contributed by atoms with Crippen molar-refractivity contribution in [2.75, 3.05) is 24.6 Å². The smallest absolute Gasteiger partial charge is 0.338 e. The summed E-state index contributed by atoms with van der Waals surface area (Å²) in [5, 5.41) is 0. The number of carbonyl (C=O) groups is 1. The maximum Gasteiger partial charge on any atom is 0.338 e. The lowest BCUT2D eigenvalue weighted by atomic mass is 9.93. The highest BCUT2D eigenvalue weighted by Crippen LogP contribution is 2.35. The van der Waals surface area contributed by atoms with E-state index in [2.05, 4.69) is 18.7 Å². The van der Waals surface area contributed by atoms with E-state index in [0.29, 0.717) is 26.4 Å². The zero-order chi connectivity index (χ0) is 26.6. The van der Waals surface area contributed by atoms with Gasteiger partial charge in [0.05, 0.1) is 28.5 Å². The first kappa shape index (κ1) is 25.5. The third kappa shape index (κ3) is 4.75. The third-order valence-corrected chi connectivity index (χ3v) is 7.43. The van der Waals surface area contributed by atoms with E-state index < -0.39 is 12.0 Å². The molecule has 0 N–H and O–H groups in total. The van der Waals surface area contributed by atoms with Gasteiger partial charge in [-0.2, -0.15) is 0 Å². The minimum atomic E-state index is -0.688. The highest BCUT2D eigenvalue weighted by atomic mass is 32.1. The summed E-state index contributed by atoms with van der Waals surface area (Å²) >= 11 is 1.28. The number of rotatable bonds is 8. The van der Waals surface area contributed by atoms with Gasteiger partial charge < -0.3 is 14.1 Å². The molecule has 0 saturated carbocycles. The van der Waals surface area contributed by atoms with Gasteiger partial charge in [-0.1, -0.05) is 72.0 Å². The van der Waals surface area contributed by atoms with Crippen LogP contribution >= 0.6 is 11.3 Å². The summed E-state index contributed by atoms with van der Waals surface area (Å²) in [4.78, 5) is 34.8. The van der Waals surface area contributed by atoms with Gasteiger partial charge >= 0.3 is 5.97 Å². The van der Waals surface area contributed by atoms with Crippen LogP contribution in [0.5, 0.6) is 0 Å². The Morgan fingerprint density at radius 2 is 1.71 bits per heavy atom. The standard InChI is InChI=1S/C30H29N3O4S/c1-4-32(5-2)24-18-17-22(37-24)19-23-28(34)33-27(21-15-11-8-12-16-21)25(29(35)36-6-3)26(31-30(33)38-23)20-13-9-7-10-14-20/h7-19,27H,4-6H2,1-3H3/b23-19+. The number of esters is 1. The van der Waals surface area contributed by atoms with Crippen LogP contribution < -0.4 is 19.8 Å². The molecule has 2 aromatic heterocycles. The van der Waals surface area contributed by atoms with E-state index in [0.717, 1.165) is 30.1 Å². The number of fused-ring (bicyclic) bond motifs is 1. The molecule has 1 aliphatic rings. The quantitative estimate of drug-likeness (QED) is 0.318. The second kappa shape index (κ2) is 11.1. The fraction of sp³-hybridized carbons (Fsp3) is 0.233. The van der Waals surface area contributed by atoms with E-state index in [-0.39, 0.29) is 12.2 Å². The molecule has 0 fully saturated rings. The van der Waals surface area contributed by atoms with Gasteiger partial charge in [-0.25, -0.2) is 9.79 Å². The number of ether oxygens (including phenoxy) is 1. The zero-order valence-electron chi connectivity index (χ0n) is 21.6. The van der Waals surface area contributed by atoms with Gasteiger partial charge in [0.15, 0.2) is 10.7 Å². The van der Waals surface area contributed by atoms with E-state index in [1.54, 1.807) is 17.6 Å². The molecule has 1 unspecified atom stereocenters. The van der Waals surface area contributed by atoms with Crippen LogP contribution in [0.15, 0.2) is 92.6 Å². The van der Waals surface area contributed by atoms with Crippen LogP contribution in [-0.4, -0.2) is 30.2 Å². The van der Waals surface area contributed by atoms with Crippen molar-refractivity contribution in [3.63, 3.8) is 0 Å². The van der Waals surface area contributed by atoms with Crippen LogP contribution in [0.25, 0.3) is 11.8 Å². The summed E-state index contributed by atoms with van der Waals surface area (Å²) in [6, 6.07) is 22.1. The second-order valence-electron chi connectivity index (χ2n) is 8.69. The SMILES string of the molecule is CCOC(=O)C1=C(c2ccccc2)N=c2s/c(=C/c3ccc(N(CC)CC)o3)c(=O)n2C1c1ccccc1. The van der Waals surface area contributed by atoms with Crippen molar-refractivity contribution >= 4 is 35.0 Å². The molecule has 1 atom stereocenters. The summed E-state index contributed by atoms with van der Waals surface area (Å²) in [5.74, 6) is 0.849. The number of hydrogen-bond donors (Lipinski definition) is 0. The van der Waals surface area contributed by atoms with Crippen LogP contribution in [0.1, 0.15) is 43.7 Å². The molecule has 7 nitrogen and oxygen atoms in total. The van der Waals surface area contributed by atoms with Gasteiger partial charge in [-0.3, -0.25) is 9.36 Å². The van der Waals surface area contributed by atoms with Gasteiger partial charge in [0.1, 0.15) is 5.76 Å². The first-order chi connectivity index (χ1) is 18.5. The molecule has 0 bridgehead atoms. The number of aromatic nitrogens is 1. The Bertz CT molecular complexity index is 1640. The number of benzene rings is 2. The van der Waals surface area contributed by atoms with Crippen LogP contribution in [-0.2, 0) is 9.53 Å². The van der Waals surface area contributed by atoms with Crippen molar-refractivity contribution in [1.29, 1.82) is 0 Å².